The van der Waals surface area contributed by atoms with Gasteiger partial charge in [-0.3, -0.25) is 4.79 Å². The third-order valence-electron chi connectivity index (χ3n) is 2.68. The van der Waals surface area contributed by atoms with Crippen molar-refractivity contribution in [2.24, 2.45) is 0 Å². The molecule has 0 fully saturated rings. The van der Waals surface area contributed by atoms with E-state index in [1.165, 1.54) is 0 Å². The highest BCUT2D eigenvalue weighted by Gasteiger charge is 2.17. The molecule has 0 bridgehead atoms. The Hall–Kier alpha value is -1.03. The van der Waals surface area contributed by atoms with Gasteiger partial charge in [0.05, 0.1) is 12.2 Å². The standard InChI is InChI=1S/C14H20BrNO2/c1-4-9-18-13-8-7-11(15)10-12(13)14(17)16(5-2)6-3/h7-8,10H,4-6,9H2,1-3H3. The average Bonchev–Trinajstić information content (AvgIpc) is 2.38. The Morgan fingerprint density at radius 2 is 1.94 bits per heavy atom. The number of halogens is 1. The van der Waals surface area contributed by atoms with E-state index >= 15 is 0 Å². The first-order chi connectivity index (χ1) is 8.63. The Labute approximate surface area is 117 Å². The largest absolute Gasteiger partial charge is 0.493 e. The maximum Gasteiger partial charge on any atom is 0.257 e. The van der Waals surface area contributed by atoms with E-state index in [1.807, 2.05) is 39.0 Å². The van der Waals surface area contributed by atoms with E-state index < -0.39 is 0 Å². The number of hydrogen-bond acceptors (Lipinski definition) is 2. The average molecular weight is 314 g/mol. The van der Waals surface area contributed by atoms with Gasteiger partial charge >= 0.3 is 0 Å². The Kier molecular flexibility index (Phi) is 6.19. The monoisotopic (exact) mass is 313 g/mol. The van der Waals surface area contributed by atoms with Crippen LogP contribution in [0.25, 0.3) is 0 Å². The van der Waals surface area contributed by atoms with Gasteiger partial charge in [-0.05, 0) is 38.5 Å². The molecule has 0 aliphatic carbocycles. The number of nitrogens with zero attached hydrogens (tertiary/aromatic N) is 1. The first kappa shape index (κ1) is 15.0. The second kappa shape index (κ2) is 7.41. The predicted molar refractivity (Wildman–Crippen MR) is 77.2 cm³/mol. The molecule has 1 rings (SSSR count). The van der Waals surface area contributed by atoms with E-state index in [2.05, 4.69) is 15.9 Å². The minimum Gasteiger partial charge on any atom is -0.493 e. The highest BCUT2D eigenvalue weighted by atomic mass is 79.9. The molecule has 0 heterocycles. The summed E-state index contributed by atoms with van der Waals surface area (Å²) >= 11 is 3.40. The van der Waals surface area contributed by atoms with Crippen molar-refractivity contribution in [3.05, 3.63) is 28.2 Å². The zero-order valence-electron chi connectivity index (χ0n) is 11.2. The Morgan fingerprint density at radius 3 is 2.50 bits per heavy atom. The molecule has 0 saturated heterocycles. The smallest absolute Gasteiger partial charge is 0.257 e. The third kappa shape index (κ3) is 3.73. The van der Waals surface area contributed by atoms with Crippen LogP contribution in [0.15, 0.2) is 22.7 Å². The van der Waals surface area contributed by atoms with E-state index in [4.69, 9.17) is 4.74 Å². The molecule has 1 amide bonds. The van der Waals surface area contributed by atoms with Gasteiger partial charge in [0.25, 0.3) is 5.91 Å². The zero-order chi connectivity index (χ0) is 13.5. The first-order valence-electron chi connectivity index (χ1n) is 6.35. The topological polar surface area (TPSA) is 29.5 Å². The summed E-state index contributed by atoms with van der Waals surface area (Å²) in [6.07, 6.45) is 0.926. The van der Waals surface area contributed by atoms with E-state index in [0.717, 1.165) is 10.9 Å². The SMILES string of the molecule is CCCOc1ccc(Br)cc1C(=O)N(CC)CC. The fourth-order valence-corrected chi connectivity index (χ4v) is 2.05. The van der Waals surface area contributed by atoms with Crippen LogP contribution >= 0.6 is 15.9 Å². The van der Waals surface area contributed by atoms with Gasteiger partial charge in [0.15, 0.2) is 0 Å². The van der Waals surface area contributed by atoms with Crippen LogP contribution < -0.4 is 4.74 Å². The van der Waals surface area contributed by atoms with Crippen molar-refractivity contribution in [3.8, 4) is 5.75 Å². The molecular formula is C14H20BrNO2. The van der Waals surface area contributed by atoms with Crippen LogP contribution in [-0.4, -0.2) is 30.5 Å². The lowest BCUT2D eigenvalue weighted by Gasteiger charge is -2.20. The van der Waals surface area contributed by atoms with Gasteiger partial charge in [-0.25, -0.2) is 0 Å². The van der Waals surface area contributed by atoms with E-state index in [0.29, 0.717) is 31.0 Å². The van der Waals surface area contributed by atoms with Crippen molar-refractivity contribution in [2.45, 2.75) is 27.2 Å². The second-order valence-electron chi connectivity index (χ2n) is 3.97. The first-order valence-corrected chi connectivity index (χ1v) is 7.14. The lowest BCUT2D eigenvalue weighted by Crippen LogP contribution is -2.30. The highest BCUT2D eigenvalue weighted by molar-refractivity contribution is 9.10. The number of benzene rings is 1. The number of carbonyl (C=O) groups excluding carboxylic acids is 1. The Bertz CT molecular complexity index is 403. The molecule has 0 radical (unpaired) electrons. The maximum absolute atomic E-state index is 12.4. The summed E-state index contributed by atoms with van der Waals surface area (Å²) in [6, 6.07) is 5.56. The van der Waals surface area contributed by atoms with Crippen LogP contribution in [0.3, 0.4) is 0 Å². The highest BCUT2D eigenvalue weighted by Crippen LogP contribution is 2.24. The minimum atomic E-state index is 0.0207. The normalized spacial score (nSPS) is 10.2. The van der Waals surface area contributed by atoms with Crippen LogP contribution in [0.1, 0.15) is 37.6 Å². The molecule has 18 heavy (non-hydrogen) atoms. The minimum absolute atomic E-state index is 0.0207. The van der Waals surface area contributed by atoms with Crippen molar-refractivity contribution in [1.82, 2.24) is 4.90 Å². The summed E-state index contributed by atoms with van der Waals surface area (Å²) in [5.74, 6) is 0.685. The third-order valence-corrected chi connectivity index (χ3v) is 3.18. The van der Waals surface area contributed by atoms with E-state index in [1.54, 1.807) is 4.90 Å². The zero-order valence-corrected chi connectivity index (χ0v) is 12.8. The number of rotatable bonds is 6. The van der Waals surface area contributed by atoms with Crippen molar-refractivity contribution in [3.63, 3.8) is 0 Å². The van der Waals surface area contributed by atoms with Gasteiger partial charge in [0, 0.05) is 17.6 Å². The summed E-state index contributed by atoms with van der Waals surface area (Å²) in [7, 11) is 0. The fraction of sp³-hybridized carbons (Fsp3) is 0.500. The lowest BCUT2D eigenvalue weighted by atomic mass is 10.1. The van der Waals surface area contributed by atoms with Crippen molar-refractivity contribution in [2.75, 3.05) is 19.7 Å². The molecule has 0 atom stereocenters. The number of amides is 1. The van der Waals surface area contributed by atoms with Crippen molar-refractivity contribution < 1.29 is 9.53 Å². The van der Waals surface area contributed by atoms with Crippen LogP contribution in [0.2, 0.25) is 0 Å². The molecule has 0 unspecified atom stereocenters. The molecule has 1 aromatic carbocycles. The quantitative estimate of drug-likeness (QED) is 0.801. The molecule has 0 aliphatic rings. The predicted octanol–water partition coefficient (Wildman–Crippen LogP) is 3.72. The van der Waals surface area contributed by atoms with Gasteiger partial charge < -0.3 is 9.64 Å². The van der Waals surface area contributed by atoms with Gasteiger partial charge in [0.2, 0.25) is 0 Å². The molecule has 0 spiro atoms. The van der Waals surface area contributed by atoms with Gasteiger partial charge in [-0.2, -0.15) is 0 Å². The summed E-state index contributed by atoms with van der Waals surface area (Å²) in [6.45, 7) is 8.03. The summed E-state index contributed by atoms with van der Waals surface area (Å²) in [5, 5.41) is 0. The molecule has 1 aromatic rings. The summed E-state index contributed by atoms with van der Waals surface area (Å²) < 4.78 is 6.52. The van der Waals surface area contributed by atoms with Crippen molar-refractivity contribution >= 4 is 21.8 Å². The Morgan fingerprint density at radius 1 is 1.28 bits per heavy atom. The van der Waals surface area contributed by atoms with Crippen LogP contribution in [0.4, 0.5) is 0 Å². The second-order valence-corrected chi connectivity index (χ2v) is 4.88. The maximum atomic E-state index is 12.4. The van der Waals surface area contributed by atoms with Crippen LogP contribution in [0, 0.1) is 0 Å². The lowest BCUT2D eigenvalue weighted by molar-refractivity contribution is 0.0768. The van der Waals surface area contributed by atoms with Gasteiger partial charge in [-0.15, -0.1) is 0 Å². The van der Waals surface area contributed by atoms with Crippen LogP contribution in [0.5, 0.6) is 5.75 Å². The molecule has 0 saturated carbocycles. The molecular weight excluding hydrogens is 294 g/mol. The molecule has 0 aliphatic heterocycles. The molecule has 4 heteroatoms. The molecule has 0 N–H and O–H groups in total. The number of hydrogen-bond donors (Lipinski definition) is 0. The summed E-state index contributed by atoms with van der Waals surface area (Å²) in [4.78, 5) is 14.2. The van der Waals surface area contributed by atoms with E-state index in [9.17, 15) is 4.79 Å². The van der Waals surface area contributed by atoms with Gasteiger partial charge in [0.1, 0.15) is 5.75 Å². The van der Waals surface area contributed by atoms with Crippen LogP contribution in [-0.2, 0) is 0 Å². The molecule has 3 nitrogen and oxygen atoms in total. The van der Waals surface area contributed by atoms with Gasteiger partial charge in [-0.1, -0.05) is 22.9 Å². The van der Waals surface area contributed by atoms with E-state index in [-0.39, 0.29) is 5.91 Å². The number of carbonyl (C=O) groups is 1. The Balaban J connectivity index is 3.03. The fourth-order valence-electron chi connectivity index (χ4n) is 1.69. The molecule has 100 valence electrons. The molecule has 0 aromatic heterocycles. The number of ether oxygens (including phenoxy) is 1. The summed E-state index contributed by atoms with van der Waals surface area (Å²) in [5.41, 5.74) is 0.626. The van der Waals surface area contributed by atoms with Crippen molar-refractivity contribution in [1.29, 1.82) is 0 Å².